The molecular weight excluding hydrogens is 330 g/mol. The van der Waals surface area contributed by atoms with E-state index in [1.807, 2.05) is 13.2 Å². The minimum atomic E-state index is -0.590. The van der Waals surface area contributed by atoms with Crippen molar-refractivity contribution in [2.24, 2.45) is 0 Å². The third-order valence-corrected chi connectivity index (χ3v) is 4.63. The quantitative estimate of drug-likeness (QED) is 0.640. The zero-order chi connectivity index (χ0) is 15.2. The summed E-state index contributed by atoms with van der Waals surface area (Å²) in [6.45, 7) is 1.88. The van der Waals surface area contributed by atoms with Crippen LogP contribution in [0, 0.1) is 0 Å². The van der Waals surface area contributed by atoms with Crippen molar-refractivity contribution in [1.82, 2.24) is 10.2 Å². The van der Waals surface area contributed by atoms with E-state index in [1.165, 1.54) is 23.1 Å². The third-order valence-electron chi connectivity index (χ3n) is 2.57. The lowest BCUT2D eigenvalue weighted by Crippen LogP contribution is -2.32. The number of nitrogens with one attached hydrogen (secondary N) is 1. The Morgan fingerprint density at radius 3 is 2.71 bits per heavy atom. The van der Waals surface area contributed by atoms with Crippen LogP contribution in [0.15, 0.2) is 28.6 Å². The van der Waals surface area contributed by atoms with Crippen molar-refractivity contribution in [3.8, 4) is 5.75 Å². The van der Waals surface area contributed by atoms with Crippen molar-refractivity contribution in [3.63, 3.8) is 0 Å². The Balaban J connectivity index is 1.99. The largest absolute Gasteiger partial charge is 0.481 e. The molecule has 2 rings (SSSR count). The molecule has 2 aromatic rings. The summed E-state index contributed by atoms with van der Waals surface area (Å²) >= 11 is 8.64. The summed E-state index contributed by atoms with van der Waals surface area (Å²) in [4.78, 5) is 12.2. The first-order valence-electron chi connectivity index (χ1n) is 6.23. The smallest absolute Gasteiger partial charge is 0.267 e. The van der Waals surface area contributed by atoms with Crippen LogP contribution in [0.1, 0.15) is 13.3 Å². The van der Waals surface area contributed by atoms with Crippen molar-refractivity contribution in [3.05, 3.63) is 29.3 Å². The van der Waals surface area contributed by atoms with Gasteiger partial charge in [-0.25, -0.2) is 0 Å². The van der Waals surface area contributed by atoms with E-state index in [2.05, 4.69) is 15.5 Å². The average Bonchev–Trinajstić information content (AvgIpc) is 2.94. The number of carbonyl (C=O) groups excluding carboxylic acids is 1. The molecular formula is C13H14ClN3O2S2. The molecule has 1 amide bonds. The molecule has 1 heterocycles. The van der Waals surface area contributed by atoms with Gasteiger partial charge in [0, 0.05) is 5.02 Å². The number of ether oxygens (including phenoxy) is 1. The van der Waals surface area contributed by atoms with E-state index >= 15 is 0 Å². The van der Waals surface area contributed by atoms with Crippen LogP contribution < -0.4 is 10.1 Å². The lowest BCUT2D eigenvalue weighted by molar-refractivity contribution is -0.122. The summed E-state index contributed by atoms with van der Waals surface area (Å²) in [5.74, 6) is 0.361. The highest BCUT2D eigenvalue weighted by atomic mass is 35.5. The highest BCUT2D eigenvalue weighted by molar-refractivity contribution is 8.00. The van der Waals surface area contributed by atoms with E-state index in [4.69, 9.17) is 16.3 Å². The van der Waals surface area contributed by atoms with E-state index in [1.54, 1.807) is 24.3 Å². The number of hydrogen-bond donors (Lipinski definition) is 1. The summed E-state index contributed by atoms with van der Waals surface area (Å²) in [5.41, 5.74) is 0. The van der Waals surface area contributed by atoms with Crippen molar-refractivity contribution >= 4 is 45.7 Å². The Morgan fingerprint density at radius 2 is 2.14 bits per heavy atom. The van der Waals surface area contributed by atoms with Gasteiger partial charge in [0.2, 0.25) is 5.13 Å². The van der Waals surface area contributed by atoms with Crippen LogP contribution in [0.3, 0.4) is 0 Å². The summed E-state index contributed by atoms with van der Waals surface area (Å²) in [6.07, 6.45) is 1.86. The standard InChI is InChI=1S/C13H14ClN3O2S2/c1-3-10(19-9-6-4-8(14)5-7-9)11(18)15-12-16-17-13(20-2)21-12/h4-7,10H,3H2,1-2H3,(H,15,16,18)/t10-/m0/s1. The molecule has 0 fully saturated rings. The average molecular weight is 344 g/mol. The first-order chi connectivity index (χ1) is 10.1. The molecule has 0 unspecified atom stereocenters. The van der Waals surface area contributed by atoms with Crippen LogP contribution in [0.4, 0.5) is 5.13 Å². The first kappa shape index (κ1) is 16.1. The van der Waals surface area contributed by atoms with Crippen LogP contribution in [0.25, 0.3) is 0 Å². The molecule has 1 atom stereocenters. The zero-order valence-electron chi connectivity index (χ0n) is 11.5. The molecule has 5 nitrogen and oxygen atoms in total. The van der Waals surface area contributed by atoms with Crippen LogP contribution in [-0.2, 0) is 4.79 Å². The molecule has 21 heavy (non-hydrogen) atoms. The van der Waals surface area contributed by atoms with Crippen molar-refractivity contribution < 1.29 is 9.53 Å². The normalized spacial score (nSPS) is 12.0. The van der Waals surface area contributed by atoms with Gasteiger partial charge in [-0.05, 0) is 36.9 Å². The topological polar surface area (TPSA) is 64.1 Å². The van der Waals surface area contributed by atoms with Gasteiger partial charge < -0.3 is 4.74 Å². The van der Waals surface area contributed by atoms with Crippen molar-refractivity contribution in [2.45, 2.75) is 23.8 Å². The fourth-order valence-corrected chi connectivity index (χ4v) is 2.83. The number of amides is 1. The van der Waals surface area contributed by atoms with Crippen molar-refractivity contribution in [1.29, 1.82) is 0 Å². The van der Waals surface area contributed by atoms with E-state index in [0.717, 1.165) is 4.34 Å². The number of hydrogen-bond acceptors (Lipinski definition) is 6. The molecule has 0 bridgehead atoms. The molecule has 1 aromatic carbocycles. The van der Waals surface area contributed by atoms with Gasteiger partial charge in [-0.1, -0.05) is 41.6 Å². The fraction of sp³-hybridized carbons (Fsp3) is 0.308. The molecule has 0 saturated carbocycles. The fourth-order valence-electron chi connectivity index (χ4n) is 1.53. The predicted octanol–water partition coefficient (Wildman–Crippen LogP) is 3.71. The minimum Gasteiger partial charge on any atom is -0.481 e. The van der Waals surface area contributed by atoms with Crippen LogP contribution in [-0.4, -0.2) is 28.5 Å². The Kier molecular flexibility index (Phi) is 5.84. The molecule has 0 spiro atoms. The number of carbonyl (C=O) groups is 1. The minimum absolute atomic E-state index is 0.240. The lowest BCUT2D eigenvalue weighted by atomic mass is 10.2. The maximum atomic E-state index is 12.2. The van der Waals surface area contributed by atoms with Gasteiger partial charge in [0.15, 0.2) is 10.4 Å². The maximum absolute atomic E-state index is 12.2. The van der Waals surface area contributed by atoms with Crippen molar-refractivity contribution in [2.75, 3.05) is 11.6 Å². The maximum Gasteiger partial charge on any atom is 0.267 e. The zero-order valence-corrected chi connectivity index (χ0v) is 13.9. The number of nitrogens with zero attached hydrogens (tertiary/aromatic N) is 2. The van der Waals surface area contributed by atoms with E-state index in [-0.39, 0.29) is 5.91 Å². The summed E-state index contributed by atoms with van der Waals surface area (Å²) in [7, 11) is 0. The number of benzene rings is 1. The summed E-state index contributed by atoms with van der Waals surface area (Å²) in [5, 5.41) is 11.7. The summed E-state index contributed by atoms with van der Waals surface area (Å²) < 4.78 is 6.47. The Hall–Kier alpha value is -1.31. The van der Waals surface area contributed by atoms with E-state index in [0.29, 0.717) is 22.3 Å². The monoisotopic (exact) mass is 343 g/mol. The second-order valence-electron chi connectivity index (χ2n) is 4.04. The van der Waals surface area contributed by atoms with Crippen LogP contribution in [0.2, 0.25) is 5.02 Å². The summed E-state index contributed by atoms with van der Waals surface area (Å²) in [6, 6.07) is 6.90. The Morgan fingerprint density at radius 1 is 1.43 bits per heavy atom. The Labute approximate surface area is 136 Å². The van der Waals surface area contributed by atoms with E-state index in [9.17, 15) is 4.79 Å². The molecule has 112 valence electrons. The second-order valence-corrected chi connectivity index (χ2v) is 6.50. The van der Waals surface area contributed by atoms with Gasteiger partial charge in [-0.2, -0.15) is 0 Å². The highest BCUT2D eigenvalue weighted by Crippen LogP contribution is 2.24. The molecule has 0 aliphatic heterocycles. The van der Waals surface area contributed by atoms with E-state index < -0.39 is 6.10 Å². The van der Waals surface area contributed by atoms with Gasteiger partial charge >= 0.3 is 0 Å². The van der Waals surface area contributed by atoms with Gasteiger partial charge in [0.25, 0.3) is 5.91 Å². The second kappa shape index (κ2) is 7.63. The van der Waals surface area contributed by atoms with Crippen LogP contribution >= 0.6 is 34.7 Å². The lowest BCUT2D eigenvalue weighted by Gasteiger charge is -2.16. The number of halogens is 1. The van der Waals surface area contributed by atoms with Gasteiger partial charge in [-0.3, -0.25) is 10.1 Å². The van der Waals surface area contributed by atoms with Gasteiger partial charge in [-0.15, -0.1) is 10.2 Å². The molecule has 0 radical (unpaired) electrons. The SMILES string of the molecule is CC[C@H](Oc1ccc(Cl)cc1)C(=O)Nc1nnc(SC)s1. The molecule has 1 N–H and O–H groups in total. The predicted molar refractivity (Wildman–Crippen MR) is 86.5 cm³/mol. The first-order valence-corrected chi connectivity index (χ1v) is 8.65. The third kappa shape index (κ3) is 4.59. The van der Waals surface area contributed by atoms with Crippen LogP contribution in [0.5, 0.6) is 5.75 Å². The molecule has 8 heteroatoms. The molecule has 0 aliphatic carbocycles. The molecule has 0 saturated heterocycles. The molecule has 0 aliphatic rings. The highest BCUT2D eigenvalue weighted by Gasteiger charge is 2.20. The number of anilines is 1. The number of aromatic nitrogens is 2. The number of rotatable bonds is 6. The van der Waals surface area contributed by atoms with Gasteiger partial charge in [0.1, 0.15) is 5.75 Å². The Bertz CT molecular complexity index is 604. The molecule has 1 aromatic heterocycles. The van der Waals surface area contributed by atoms with Gasteiger partial charge in [0.05, 0.1) is 0 Å². The number of thioether (sulfide) groups is 1.